The van der Waals surface area contributed by atoms with Crippen molar-refractivity contribution in [2.45, 2.75) is 70.1 Å². The summed E-state index contributed by atoms with van der Waals surface area (Å²) in [6.45, 7) is 0.898. The molecule has 0 spiro atoms. The van der Waals surface area contributed by atoms with Crippen LogP contribution in [0.25, 0.3) is 0 Å². The maximum atomic E-state index is 10.1. The first-order valence-electron chi connectivity index (χ1n) is 7.85. The van der Waals surface area contributed by atoms with Crippen molar-refractivity contribution in [3.63, 3.8) is 0 Å². The van der Waals surface area contributed by atoms with Crippen LogP contribution in [0.15, 0.2) is 18.2 Å². The Morgan fingerprint density at radius 2 is 1.84 bits per heavy atom. The van der Waals surface area contributed by atoms with E-state index in [4.69, 9.17) is 0 Å². The molecule has 0 saturated heterocycles. The predicted octanol–water partition coefficient (Wildman–Crippen LogP) is 2.96. The van der Waals surface area contributed by atoms with Crippen molar-refractivity contribution in [2.24, 2.45) is 0 Å². The number of aliphatic hydroxyl groups excluding tert-OH is 1. The molecule has 1 aromatic rings. The van der Waals surface area contributed by atoms with Crippen LogP contribution in [-0.2, 0) is 19.4 Å². The molecule has 2 aliphatic carbocycles. The van der Waals surface area contributed by atoms with Gasteiger partial charge in [0.15, 0.2) is 0 Å². The fourth-order valence-electron chi connectivity index (χ4n) is 3.51. The lowest BCUT2D eigenvalue weighted by molar-refractivity contribution is 0.119. The van der Waals surface area contributed by atoms with E-state index in [0.717, 1.165) is 19.4 Å². The highest BCUT2D eigenvalue weighted by atomic mass is 16.3. The summed E-state index contributed by atoms with van der Waals surface area (Å²) in [4.78, 5) is 0. The van der Waals surface area contributed by atoms with Crippen LogP contribution in [0, 0.1) is 0 Å². The van der Waals surface area contributed by atoms with Gasteiger partial charge in [-0.3, -0.25) is 0 Å². The van der Waals surface area contributed by atoms with Crippen LogP contribution >= 0.6 is 0 Å². The smallest absolute Gasteiger partial charge is 0.0693 e. The molecule has 104 valence electrons. The summed E-state index contributed by atoms with van der Waals surface area (Å²) in [6.07, 6.45) is 9.43. The van der Waals surface area contributed by atoms with Crippen molar-refractivity contribution < 1.29 is 5.11 Å². The summed E-state index contributed by atoms with van der Waals surface area (Å²) in [5.41, 5.74) is 4.45. The fourth-order valence-corrected chi connectivity index (χ4v) is 3.51. The third-order valence-electron chi connectivity index (χ3n) is 4.71. The summed E-state index contributed by atoms with van der Waals surface area (Å²) >= 11 is 0. The van der Waals surface area contributed by atoms with Gasteiger partial charge in [-0.15, -0.1) is 0 Å². The standard InChI is InChI=1S/C17H25NO/c19-17-8-3-1-2-7-16(17)18-12-13-9-10-14-5-4-6-15(14)11-13/h9-11,16-19H,1-8,12H2. The van der Waals surface area contributed by atoms with E-state index in [9.17, 15) is 5.11 Å². The van der Waals surface area contributed by atoms with E-state index in [2.05, 4.69) is 23.5 Å². The van der Waals surface area contributed by atoms with Gasteiger partial charge < -0.3 is 10.4 Å². The maximum absolute atomic E-state index is 10.1. The minimum Gasteiger partial charge on any atom is -0.392 e. The summed E-state index contributed by atoms with van der Waals surface area (Å²) < 4.78 is 0. The lowest BCUT2D eigenvalue weighted by Gasteiger charge is -2.22. The fraction of sp³-hybridized carbons (Fsp3) is 0.647. The number of fused-ring (bicyclic) bond motifs is 1. The van der Waals surface area contributed by atoms with E-state index >= 15 is 0 Å². The Morgan fingerprint density at radius 3 is 2.79 bits per heavy atom. The zero-order valence-corrected chi connectivity index (χ0v) is 11.7. The quantitative estimate of drug-likeness (QED) is 0.818. The first kappa shape index (κ1) is 13.1. The van der Waals surface area contributed by atoms with Crippen molar-refractivity contribution in [1.82, 2.24) is 5.32 Å². The Morgan fingerprint density at radius 1 is 1.00 bits per heavy atom. The Labute approximate surface area is 116 Å². The topological polar surface area (TPSA) is 32.3 Å². The molecule has 0 aromatic heterocycles. The second kappa shape index (κ2) is 6.06. The SMILES string of the molecule is OC1CCCCCC1NCc1ccc2c(c1)CCC2. The van der Waals surface area contributed by atoms with Crippen molar-refractivity contribution >= 4 is 0 Å². The molecule has 0 heterocycles. The number of aryl methyl sites for hydroxylation is 2. The van der Waals surface area contributed by atoms with Crippen molar-refractivity contribution in [3.05, 3.63) is 34.9 Å². The molecular weight excluding hydrogens is 234 g/mol. The largest absolute Gasteiger partial charge is 0.392 e. The molecule has 0 aliphatic heterocycles. The number of benzene rings is 1. The van der Waals surface area contributed by atoms with Gasteiger partial charge in [-0.05, 0) is 48.8 Å². The number of aliphatic hydroxyl groups is 1. The van der Waals surface area contributed by atoms with Crippen LogP contribution in [0.2, 0.25) is 0 Å². The summed E-state index contributed by atoms with van der Waals surface area (Å²) in [5, 5.41) is 13.7. The van der Waals surface area contributed by atoms with Gasteiger partial charge in [-0.2, -0.15) is 0 Å². The maximum Gasteiger partial charge on any atom is 0.0693 e. The first-order valence-corrected chi connectivity index (χ1v) is 7.85. The second-order valence-electron chi connectivity index (χ2n) is 6.15. The number of hydrogen-bond donors (Lipinski definition) is 2. The van der Waals surface area contributed by atoms with Gasteiger partial charge in [0.05, 0.1) is 6.10 Å². The van der Waals surface area contributed by atoms with Crippen LogP contribution in [0.5, 0.6) is 0 Å². The molecule has 2 aliphatic rings. The molecule has 1 aromatic carbocycles. The van der Waals surface area contributed by atoms with Gasteiger partial charge in [-0.1, -0.05) is 37.5 Å². The molecule has 2 atom stereocenters. The molecule has 2 heteroatoms. The predicted molar refractivity (Wildman–Crippen MR) is 78.2 cm³/mol. The van der Waals surface area contributed by atoms with Crippen molar-refractivity contribution in [3.8, 4) is 0 Å². The third kappa shape index (κ3) is 3.18. The summed E-state index contributed by atoms with van der Waals surface area (Å²) in [7, 11) is 0. The lowest BCUT2D eigenvalue weighted by Crippen LogP contribution is -2.38. The number of nitrogens with one attached hydrogen (secondary N) is 1. The van der Waals surface area contributed by atoms with Gasteiger partial charge in [-0.25, -0.2) is 0 Å². The second-order valence-corrected chi connectivity index (χ2v) is 6.15. The molecule has 0 bridgehead atoms. The Kier molecular flexibility index (Phi) is 4.19. The minimum atomic E-state index is -0.156. The molecule has 19 heavy (non-hydrogen) atoms. The van der Waals surface area contributed by atoms with Gasteiger partial charge in [0.25, 0.3) is 0 Å². The van der Waals surface area contributed by atoms with E-state index in [1.54, 1.807) is 11.1 Å². The zero-order valence-electron chi connectivity index (χ0n) is 11.7. The lowest BCUT2D eigenvalue weighted by atomic mass is 10.0. The van der Waals surface area contributed by atoms with Gasteiger partial charge >= 0.3 is 0 Å². The summed E-state index contributed by atoms with van der Waals surface area (Å²) in [6, 6.07) is 7.19. The van der Waals surface area contributed by atoms with Crippen LogP contribution in [0.4, 0.5) is 0 Å². The number of rotatable bonds is 3. The van der Waals surface area contributed by atoms with Crippen molar-refractivity contribution in [2.75, 3.05) is 0 Å². The average molecular weight is 259 g/mol. The average Bonchev–Trinajstić information content (AvgIpc) is 2.79. The highest BCUT2D eigenvalue weighted by Crippen LogP contribution is 2.23. The van der Waals surface area contributed by atoms with Crippen LogP contribution in [0.1, 0.15) is 55.2 Å². The van der Waals surface area contributed by atoms with E-state index < -0.39 is 0 Å². The molecule has 2 unspecified atom stereocenters. The highest BCUT2D eigenvalue weighted by Gasteiger charge is 2.21. The third-order valence-corrected chi connectivity index (χ3v) is 4.71. The van der Waals surface area contributed by atoms with Crippen LogP contribution in [0.3, 0.4) is 0 Å². The molecule has 2 N–H and O–H groups in total. The molecule has 3 rings (SSSR count). The molecular formula is C17H25NO. The van der Waals surface area contributed by atoms with E-state index in [1.807, 2.05) is 0 Å². The molecule has 1 fully saturated rings. The zero-order chi connectivity index (χ0) is 13.1. The van der Waals surface area contributed by atoms with E-state index in [-0.39, 0.29) is 12.1 Å². The van der Waals surface area contributed by atoms with Crippen LogP contribution < -0.4 is 5.32 Å². The molecule has 0 radical (unpaired) electrons. The Bertz CT molecular complexity index is 429. The van der Waals surface area contributed by atoms with Gasteiger partial charge in [0.1, 0.15) is 0 Å². The normalized spacial score (nSPS) is 27.0. The van der Waals surface area contributed by atoms with Gasteiger partial charge in [0.2, 0.25) is 0 Å². The minimum absolute atomic E-state index is 0.156. The Balaban J connectivity index is 1.59. The first-order chi connectivity index (χ1) is 9.33. The highest BCUT2D eigenvalue weighted by molar-refractivity contribution is 5.35. The van der Waals surface area contributed by atoms with Crippen LogP contribution in [-0.4, -0.2) is 17.3 Å². The summed E-state index contributed by atoms with van der Waals surface area (Å²) in [5.74, 6) is 0. The molecule has 1 saturated carbocycles. The Hall–Kier alpha value is -0.860. The molecule has 2 nitrogen and oxygen atoms in total. The number of hydrogen-bond acceptors (Lipinski definition) is 2. The van der Waals surface area contributed by atoms with Gasteiger partial charge in [0, 0.05) is 12.6 Å². The van der Waals surface area contributed by atoms with E-state index in [0.29, 0.717) is 0 Å². The van der Waals surface area contributed by atoms with E-state index in [1.165, 1.54) is 44.1 Å². The monoisotopic (exact) mass is 259 g/mol. The molecule has 0 amide bonds. The van der Waals surface area contributed by atoms with Crippen molar-refractivity contribution in [1.29, 1.82) is 0 Å².